The Balaban J connectivity index is 2.46. The summed E-state index contributed by atoms with van der Waals surface area (Å²) in [5, 5.41) is 29.5. The lowest BCUT2D eigenvalue weighted by Gasteiger charge is -2.01. The molecular formula is C13H8BNO2S. The van der Waals surface area contributed by atoms with Gasteiger partial charge in [0.05, 0.1) is 11.6 Å². The zero-order valence-corrected chi connectivity index (χ0v) is 10.1. The Labute approximate surface area is 108 Å². The van der Waals surface area contributed by atoms with Crippen molar-refractivity contribution in [3.63, 3.8) is 0 Å². The molecule has 0 spiro atoms. The van der Waals surface area contributed by atoms with E-state index in [9.17, 15) is 10.0 Å². The first kappa shape index (κ1) is 11.2. The highest BCUT2D eigenvalue weighted by atomic mass is 32.1. The van der Waals surface area contributed by atoms with E-state index in [0.29, 0.717) is 11.0 Å². The lowest BCUT2D eigenvalue weighted by atomic mass is 9.77. The molecule has 0 saturated carbocycles. The minimum absolute atomic E-state index is 0.503. The van der Waals surface area contributed by atoms with Crippen molar-refractivity contribution < 1.29 is 10.0 Å². The van der Waals surface area contributed by atoms with Gasteiger partial charge in [0, 0.05) is 20.2 Å². The van der Waals surface area contributed by atoms with Crippen molar-refractivity contribution in [2.24, 2.45) is 0 Å². The minimum atomic E-state index is -1.48. The number of hydrogen-bond donors (Lipinski definition) is 2. The summed E-state index contributed by atoms with van der Waals surface area (Å²) in [4.78, 5) is 0. The van der Waals surface area contributed by atoms with E-state index in [-0.39, 0.29) is 0 Å². The van der Waals surface area contributed by atoms with Gasteiger partial charge in [0.15, 0.2) is 0 Å². The monoisotopic (exact) mass is 253 g/mol. The lowest BCUT2D eigenvalue weighted by molar-refractivity contribution is 0.426. The van der Waals surface area contributed by atoms with Crippen LogP contribution in [0.5, 0.6) is 0 Å². The second-order valence-electron chi connectivity index (χ2n) is 4.02. The molecule has 18 heavy (non-hydrogen) atoms. The summed E-state index contributed by atoms with van der Waals surface area (Å²) < 4.78 is 1.97. The number of benzene rings is 2. The summed E-state index contributed by atoms with van der Waals surface area (Å²) in [6.07, 6.45) is 0. The fourth-order valence-electron chi connectivity index (χ4n) is 2.14. The molecule has 2 N–H and O–H groups in total. The van der Waals surface area contributed by atoms with Crippen molar-refractivity contribution in [1.82, 2.24) is 0 Å². The van der Waals surface area contributed by atoms with Gasteiger partial charge in [0.1, 0.15) is 0 Å². The molecule has 0 saturated heterocycles. The molecule has 0 bridgehead atoms. The third kappa shape index (κ3) is 1.59. The molecular weight excluding hydrogens is 245 g/mol. The summed E-state index contributed by atoms with van der Waals surface area (Å²) in [6, 6.07) is 13.0. The molecule has 0 aliphatic carbocycles. The standard InChI is InChI=1S/C13H8BNO2S/c15-7-8-4-5-9-12(6-8)18-11-3-1-2-10(13(9)11)14(16)17/h1-6,16-17H. The van der Waals surface area contributed by atoms with Crippen LogP contribution in [-0.4, -0.2) is 17.2 Å². The van der Waals surface area contributed by atoms with Gasteiger partial charge >= 0.3 is 7.12 Å². The average molecular weight is 253 g/mol. The van der Waals surface area contributed by atoms with Gasteiger partial charge < -0.3 is 10.0 Å². The summed E-state index contributed by atoms with van der Waals surface area (Å²) >= 11 is 1.55. The average Bonchev–Trinajstić information content (AvgIpc) is 2.75. The molecule has 0 fully saturated rings. The van der Waals surface area contributed by atoms with Crippen molar-refractivity contribution >= 4 is 44.1 Å². The molecule has 0 aliphatic heterocycles. The van der Waals surface area contributed by atoms with E-state index in [1.165, 1.54) is 0 Å². The highest BCUT2D eigenvalue weighted by Gasteiger charge is 2.17. The van der Waals surface area contributed by atoms with E-state index in [1.807, 2.05) is 18.2 Å². The number of thiophene rings is 1. The van der Waals surface area contributed by atoms with Gasteiger partial charge in [0.2, 0.25) is 0 Å². The number of hydrogen-bond acceptors (Lipinski definition) is 4. The Morgan fingerprint density at radius 3 is 2.67 bits per heavy atom. The van der Waals surface area contributed by atoms with Crippen molar-refractivity contribution in [3.8, 4) is 6.07 Å². The van der Waals surface area contributed by atoms with Gasteiger partial charge in [-0.25, -0.2) is 0 Å². The molecule has 3 nitrogen and oxygen atoms in total. The molecule has 0 unspecified atom stereocenters. The first-order valence-electron chi connectivity index (χ1n) is 5.42. The smallest absolute Gasteiger partial charge is 0.423 e. The fraction of sp³-hybridized carbons (Fsp3) is 0. The van der Waals surface area contributed by atoms with Gasteiger partial charge in [-0.1, -0.05) is 18.2 Å². The number of fused-ring (bicyclic) bond motifs is 3. The molecule has 5 heteroatoms. The highest BCUT2D eigenvalue weighted by Crippen LogP contribution is 2.33. The maximum atomic E-state index is 9.41. The lowest BCUT2D eigenvalue weighted by Crippen LogP contribution is -2.30. The van der Waals surface area contributed by atoms with Crippen LogP contribution in [0.3, 0.4) is 0 Å². The first-order chi connectivity index (χ1) is 8.70. The number of nitriles is 1. The van der Waals surface area contributed by atoms with E-state index in [2.05, 4.69) is 6.07 Å². The molecule has 0 atom stereocenters. The van der Waals surface area contributed by atoms with Crippen LogP contribution in [0.2, 0.25) is 0 Å². The normalized spacial score (nSPS) is 10.7. The van der Waals surface area contributed by atoms with Crippen molar-refractivity contribution in [3.05, 3.63) is 42.0 Å². The third-order valence-electron chi connectivity index (χ3n) is 2.94. The van der Waals surface area contributed by atoms with E-state index in [1.54, 1.807) is 29.5 Å². The highest BCUT2D eigenvalue weighted by molar-refractivity contribution is 7.26. The van der Waals surface area contributed by atoms with Crippen LogP contribution in [0.4, 0.5) is 0 Å². The quantitative estimate of drug-likeness (QED) is 0.647. The zero-order valence-electron chi connectivity index (χ0n) is 9.29. The Kier molecular flexibility index (Phi) is 2.56. The molecule has 0 radical (unpaired) electrons. The Morgan fingerprint density at radius 1 is 1.11 bits per heavy atom. The third-order valence-corrected chi connectivity index (χ3v) is 4.05. The van der Waals surface area contributed by atoms with E-state index >= 15 is 0 Å². The summed E-state index contributed by atoms with van der Waals surface area (Å²) in [6.45, 7) is 0. The minimum Gasteiger partial charge on any atom is -0.423 e. The topological polar surface area (TPSA) is 64.2 Å². The van der Waals surface area contributed by atoms with Crippen molar-refractivity contribution in [2.45, 2.75) is 0 Å². The molecule has 1 heterocycles. The molecule has 1 aromatic heterocycles. The second kappa shape index (κ2) is 4.11. The van der Waals surface area contributed by atoms with E-state index in [4.69, 9.17) is 5.26 Å². The number of nitrogens with zero attached hydrogens (tertiary/aromatic N) is 1. The van der Waals surface area contributed by atoms with Gasteiger partial charge in [-0.3, -0.25) is 0 Å². The predicted molar refractivity (Wildman–Crippen MR) is 73.9 cm³/mol. The van der Waals surface area contributed by atoms with E-state index in [0.717, 1.165) is 20.2 Å². The Bertz CT molecular complexity index is 789. The molecule has 0 aliphatic rings. The predicted octanol–water partition coefficient (Wildman–Crippen LogP) is 1.61. The SMILES string of the molecule is N#Cc1ccc2c(c1)sc1cccc(B(O)O)c12. The van der Waals surface area contributed by atoms with Crippen LogP contribution in [-0.2, 0) is 0 Å². The summed E-state index contributed by atoms with van der Waals surface area (Å²) in [5.74, 6) is 0. The maximum absolute atomic E-state index is 9.41. The molecule has 86 valence electrons. The largest absolute Gasteiger partial charge is 0.489 e. The molecule has 2 aromatic carbocycles. The second-order valence-corrected chi connectivity index (χ2v) is 5.10. The maximum Gasteiger partial charge on any atom is 0.489 e. The van der Waals surface area contributed by atoms with Gasteiger partial charge in [-0.2, -0.15) is 5.26 Å². The zero-order chi connectivity index (χ0) is 12.7. The van der Waals surface area contributed by atoms with Gasteiger partial charge in [0.25, 0.3) is 0 Å². The van der Waals surface area contributed by atoms with Crippen LogP contribution in [0.1, 0.15) is 5.56 Å². The molecule has 0 amide bonds. The first-order valence-corrected chi connectivity index (χ1v) is 6.24. The molecule has 3 rings (SSSR count). The Morgan fingerprint density at radius 2 is 1.94 bits per heavy atom. The van der Waals surface area contributed by atoms with Crippen LogP contribution >= 0.6 is 11.3 Å². The summed E-state index contributed by atoms with van der Waals surface area (Å²) in [5.41, 5.74) is 1.11. The van der Waals surface area contributed by atoms with Gasteiger partial charge in [-0.05, 0) is 23.7 Å². The molecule has 3 aromatic rings. The van der Waals surface area contributed by atoms with Crippen LogP contribution in [0, 0.1) is 11.3 Å². The van der Waals surface area contributed by atoms with Crippen LogP contribution in [0.15, 0.2) is 36.4 Å². The van der Waals surface area contributed by atoms with Crippen LogP contribution < -0.4 is 5.46 Å². The Hall–Kier alpha value is -1.87. The van der Waals surface area contributed by atoms with Crippen LogP contribution in [0.25, 0.3) is 20.2 Å². The fourth-order valence-corrected chi connectivity index (χ4v) is 3.32. The number of rotatable bonds is 1. The van der Waals surface area contributed by atoms with Crippen molar-refractivity contribution in [2.75, 3.05) is 0 Å². The summed E-state index contributed by atoms with van der Waals surface area (Å²) in [7, 11) is -1.48. The van der Waals surface area contributed by atoms with Crippen molar-refractivity contribution in [1.29, 1.82) is 5.26 Å². The van der Waals surface area contributed by atoms with Gasteiger partial charge in [-0.15, -0.1) is 11.3 Å². The van der Waals surface area contributed by atoms with E-state index < -0.39 is 7.12 Å².